The number of nitrogens with zero attached hydrogens (tertiary/aromatic N) is 2. The van der Waals surface area contributed by atoms with E-state index in [1.54, 1.807) is 0 Å². The first-order valence-corrected chi connectivity index (χ1v) is 13.6. The highest BCUT2D eigenvalue weighted by molar-refractivity contribution is 9.10. The third-order valence-corrected chi connectivity index (χ3v) is 9.06. The molecule has 5 nitrogen and oxygen atoms in total. The number of fused-ring (bicyclic) bond motifs is 6. The number of halogens is 1. The van der Waals surface area contributed by atoms with Gasteiger partial charge >= 0.3 is 0 Å². The Morgan fingerprint density at radius 3 is 2.43 bits per heavy atom. The minimum absolute atomic E-state index is 0.132. The lowest BCUT2D eigenvalue weighted by Gasteiger charge is -2.44. The summed E-state index contributed by atoms with van der Waals surface area (Å²) in [5, 5.41) is 1.03. The van der Waals surface area contributed by atoms with Crippen LogP contribution < -0.4 is 4.90 Å². The average Bonchev–Trinajstić information content (AvgIpc) is 3.22. The summed E-state index contributed by atoms with van der Waals surface area (Å²) in [6.45, 7) is 14.4. The molecule has 1 aromatic heterocycles. The van der Waals surface area contributed by atoms with E-state index in [-0.39, 0.29) is 16.7 Å². The summed E-state index contributed by atoms with van der Waals surface area (Å²) in [6, 6.07) is 10.8. The summed E-state index contributed by atoms with van der Waals surface area (Å²) in [5.41, 5.74) is 7.35. The molecule has 2 aromatic carbocycles. The number of anilines is 1. The van der Waals surface area contributed by atoms with Gasteiger partial charge in [-0.2, -0.15) is 0 Å². The molecule has 3 aromatic rings. The Kier molecular flexibility index (Phi) is 5.44. The molecule has 35 heavy (non-hydrogen) atoms. The van der Waals surface area contributed by atoms with Gasteiger partial charge in [0.05, 0.1) is 11.3 Å². The average molecular weight is 537 g/mol. The minimum atomic E-state index is -0.230. The summed E-state index contributed by atoms with van der Waals surface area (Å²) in [4.78, 5) is 22.7. The van der Waals surface area contributed by atoms with Gasteiger partial charge in [0, 0.05) is 77.0 Å². The molecule has 0 radical (unpaired) electrons. The summed E-state index contributed by atoms with van der Waals surface area (Å²) in [6.07, 6.45) is 1.76. The monoisotopic (exact) mass is 535 g/mol. The van der Waals surface area contributed by atoms with E-state index in [2.05, 4.69) is 88.7 Å². The molecule has 3 aliphatic rings. The van der Waals surface area contributed by atoms with Crippen molar-refractivity contribution in [2.24, 2.45) is 0 Å². The van der Waals surface area contributed by atoms with E-state index in [1.807, 2.05) is 0 Å². The van der Waals surface area contributed by atoms with E-state index in [1.165, 1.54) is 11.3 Å². The highest BCUT2D eigenvalue weighted by atomic mass is 79.9. The van der Waals surface area contributed by atoms with Crippen molar-refractivity contribution in [3.63, 3.8) is 0 Å². The lowest BCUT2D eigenvalue weighted by Crippen LogP contribution is -2.53. The normalized spacial score (nSPS) is 20.4. The second-order valence-corrected chi connectivity index (χ2v) is 12.3. The number of aromatic nitrogens is 1. The third kappa shape index (κ3) is 3.59. The van der Waals surface area contributed by atoms with Gasteiger partial charge in [0.15, 0.2) is 5.78 Å². The number of hydrogen-bond acceptors (Lipinski definition) is 4. The highest BCUT2D eigenvalue weighted by Gasteiger charge is 2.47. The van der Waals surface area contributed by atoms with Crippen molar-refractivity contribution >= 4 is 38.3 Å². The standard InChI is InChI=1S/C29H34BrN3O2/c1-18-5-6-19-23(15-18)31-27-25(19)26(34)20-16-22(30)24(17-21(20)29(27)7-13-35-14-8-29)32-9-11-33(12-10-32)28(2,3)4/h5-6,15-17,31H,7-14H2,1-4H3. The van der Waals surface area contributed by atoms with Crippen molar-refractivity contribution in [2.45, 2.75) is 51.5 Å². The lowest BCUT2D eigenvalue weighted by atomic mass is 9.64. The van der Waals surface area contributed by atoms with Gasteiger partial charge in [-0.1, -0.05) is 12.1 Å². The van der Waals surface area contributed by atoms with E-state index in [0.29, 0.717) is 13.2 Å². The number of ether oxygens (including phenoxy) is 1. The van der Waals surface area contributed by atoms with Gasteiger partial charge in [-0.15, -0.1) is 0 Å². The van der Waals surface area contributed by atoms with E-state index in [0.717, 1.165) is 76.8 Å². The van der Waals surface area contributed by atoms with Crippen molar-refractivity contribution in [3.8, 4) is 0 Å². The van der Waals surface area contributed by atoms with Gasteiger partial charge < -0.3 is 14.6 Å². The Hall–Kier alpha value is -2.15. The van der Waals surface area contributed by atoms with Gasteiger partial charge in [0.25, 0.3) is 0 Å². The maximum Gasteiger partial charge on any atom is 0.195 e. The number of carbonyl (C=O) groups excluding carboxylic acids is 1. The molecule has 0 bridgehead atoms. The molecule has 6 rings (SSSR count). The molecule has 6 heteroatoms. The van der Waals surface area contributed by atoms with E-state index < -0.39 is 0 Å². The molecular weight excluding hydrogens is 502 g/mol. The molecule has 0 amide bonds. The molecule has 1 aliphatic carbocycles. The number of rotatable bonds is 1. The van der Waals surface area contributed by atoms with Crippen LogP contribution in [0.2, 0.25) is 0 Å². The Morgan fingerprint density at radius 2 is 1.74 bits per heavy atom. The Morgan fingerprint density at radius 1 is 1.03 bits per heavy atom. The fraction of sp³-hybridized carbons (Fsp3) is 0.483. The van der Waals surface area contributed by atoms with Crippen LogP contribution in [0.1, 0.15) is 66.4 Å². The maximum absolute atomic E-state index is 14.0. The number of nitrogens with one attached hydrogen (secondary N) is 1. The third-order valence-electron chi connectivity index (χ3n) is 8.42. The number of carbonyl (C=O) groups is 1. The van der Waals surface area contributed by atoms with Gasteiger partial charge in [0.1, 0.15) is 0 Å². The minimum Gasteiger partial charge on any atom is -0.381 e. The molecule has 0 saturated carbocycles. The van der Waals surface area contributed by atoms with E-state index >= 15 is 0 Å². The molecular formula is C29H34BrN3O2. The summed E-state index contributed by atoms with van der Waals surface area (Å²) in [7, 11) is 0. The molecule has 184 valence electrons. The van der Waals surface area contributed by atoms with Crippen LogP contribution in [0.3, 0.4) is 0 Å². The zero-order valence-electron chi connectivity index (χ0n) is 21.1. The number of benzene rings is 2. The second kappa shape index (κ2) is 8.19. The summed E-state index contributed by atoms with van der Waals surface area (Å²) < 4.78 is 6.85. The predicted molar refractivity (Wildman–Crippen MR) is 145 cm³/mol. The fourth-order valence-corrected chi connectivity index (χ4v) is 7.01. The molecule has 2 aliphatic heterocycles. The van der Waals surface area contributed by atoms with Crippen molar-refractivity contribution in [3.05, 3.63) is 62.8 Å². The molecule has 0 atom stereocenters. The molecule has 3 heterocycles. The smallest absolute Gasteiger partial charge is 0.195 e. The Labute approximate surface area is 215 Å². The lowest BCUT2D eigenvalue weighted by molar-refractivity contribution is 0.0602. The quantitative estimate of drug-likeness (QED) is 0.427. The Balaban J connectivity index is 1.48. The van der Waals surface area contributed by atoms with Crippen molar-refractivity contribution in [1.82, 2.24) is 9.88 Å². The van der Waals surface area contributed by atoms with Crippen LogP contribution in [-0.4, -0.2) is 60.6 Å². The molecule has 2 fully saturated rings. The second-order valence-electron chi connectivity index (χ2n) is 11.4. The number of ketones is 1. The first-order chi connectivity index (χ1) is 16.7. The number of H-pyrrole nitrogens is 1. The van der Waals surface area contributed by atoms with Crippen LogP contribution in [0.25, 0.3) is 10.9 Å². The Bertz CT molecular complexity index is 1320. The largest absolute Gasteiger partial charge is 0.381 e. The zero-order valence-corrected chi connectivity index (χ0v) is 22.7. The molecule has 2 saturated heterocycles. The van der Waals surface area contributed by atoms with Crippen molar-refractivity contribution in [1.29, 1.82) is 0 Å². The zero-order chi connectivity index (χ0) is 24.5. The van der Waals surface area contributed by atoms with Crippen molar-refractivity contribution in [2.75, 3.05) is 44.3 Å². The number of aromatic amines is 1. The first-order valence-electron chi connectivity index (χ1n) is 12.8. The summed E-state index contributed by atoms with van der Waals surface area (Å²) in [5.74, 6) is 0.132. The molecule has 1 N–H and O–H groups in total. The number of piperazine rings is 1. The first kappa shape index (κ1) is 23.3. The van der Waals surface area contributed by atoms with Crippen LogP contribution in [0.15, 0.2) is 34.8 Å². The van der Waals surface area contributed by atoms with Crippen LogP contribution in [-0.2, 0) is 10.2 Å². The predicted octanol–water partition coefficient (Wildman–Crippen LogP) is 5.80. The molecule has 0 unspecified atom stereocenters. The highest BCUT2D eigenvalue weighted by Crippen LogP contribution is 2.51. The van der Waals surface area contributed by atoms with Crippen LogP contribution >= 0.6 is 15.9 Å². The number of aryl methyl sites for hydroxylation is 1. The van der Waals surface area contributed by atoms with Crippen LogP contribution in [0, 0.1) is 6.92 Å². The summed E-state index contributed by atoms with van der Waals surface area (Å²) >= 11 is 3.86. The number of hydrogen-bond donors (Lipinski definition) is 1. The SMILES string of the molecule is Cc1ccc2c3c([nH]c2c1)C1(CCOCC1)c1cc(N2CCN(C(C)(C)C)CC2)c(Br)cc1C3=O. The molecule has 1 spiro atoms. The van der Waals surface area contributed by atoms with Gasteiger partial charge in [0.2, 0.25) is 0 Å². The van der Waals surface area contributed by atoms with Crippen LogP contribution in [0.5, 0.6) is 0 Å². The van der Waals surface area contributed by atoms with E-state index in [9.17, 15) is 4.79 Å². The topological polar surface area (TPSA) is 48.6 Å². The maximum atomic E-state index is 14.0. The van der Waals surface area contributed by atoms with Crippen LogP contribution in [0.4, 0.5) is 5.69 Å². The van der Waals surface area contributed by atoms with Crippen molar-refractivity contribution < 1.29 is 9.53 Å². The van der Waals surface area contributed by atoms with Gasteiger partial charge in [-0.3, -0.25) is 9.69 Å². The van der Waals surface area contributed by atoms with E-state index in [4.69, 9.17) is 4.74 Å². The van der Waals surface area contributed by atoms with Gasteiger partial charge in [-0.25, -0.2) is 0 Å². The fourth-order valence-electron chi connectivity index (χ4n) is 6.42. The van der Waals surface area contributed by atoms with Gasteiger partial charge in [-0.05, 0) is 85.8 Å².